The van der Waals surface area contributed by atoms with Crippen molar-refractivity contribution in [3.05, 3.63) is 57.8 Å². The van der Waals surface area contributed by atoms with E-state index in [1.165, 1.54) is 6.07 Å². The first kappa shape index (κ1) is 15.8. The summed E-state index contributed by atoms with van der Waals surface area (Å²) < 4.78 is 25.5. The minimum Gasteiger partial charge on any atom is -0.493 e. The predicted molar refractivity (Wildman–Crippen MR) is 84.2 cm³/mol. The summed E-state index contributed by atoms with van der Waals surface area (Å²) in [6, 6.07) is 10.4. The number of ether oxygens (including phenoxy) is 2. The smallest absolute Gasteiger partial charge is 0.161 e. The summed E-state index contributed by atoms with van der Waals surface area (Å²) in [6.45, 7) is 0.713. The zero-order chi connectivity index (χ0) is 15.2. The van der Waals surface area contributed by atoms with E-state index in [0.29, 0.717) is 23.6 Å². The van der Waals surface area contributed by atoms with Crippen LogP contribution in [0.1, 0.15) is 11.1 Å². The van der Waals surface area contributed by atoms with E-state index in [4.69, 9.17) is 15.2 Å². The number of hydrogen-bond acceptors (Lipinski definition) is 3. The molecule has 2 N–H and O–H groups in total. The number of halogens is 2. The molecule has 0 aromatic heterocycles. The molecular weight excluding hydrogens is 337 g/mol. The Kier molecular flexibility index (Phi) is 5.59. The van der Waals surface area contributed by atoms with Crippen LogP contribution in [0.15, 0.2) is 40.9 Å². The first-order valence-electron chi connectivity index (χ1n) is 6.57. The maximum Gasteiger partial charge on any atom is 0.161 e. The van der Waals surface area contributed by atoms with Gasteiger partial charge in [-0.05, 0) is 48.9 Å². The van der Waals surface area contributed by atoms with Crippen LogP contribution in [0.4, 0.5) is 4.39 Å². The average Bonchev–Trinajstić information content (AvgIpc) is 2.49. The first-order valence-corrected chi connectivity index (χ1v) is 7.37. The van der Waals surface area contributed by atoms with Gasteiger partial charge in [0.05, 0.1) is 7.11 Å². The lowest BCUT2D eigenvalue weighted by molar-refractivity contribution is 0.279. The van der Waals surface area contributed by atoms with Crippen molar-refractivity contribution in [2.45, 2.75) is 13.0 Å². The molecule has 2 aromatic rings. The van der Waals surface area contributed by atoms with Crippen LogP contribution in [-0.2, 0) is 13.0 Å². The highest BCUT2D eigenvalue weighted by molar-refractivity contribution is 9.10. The lowest BCUT2D eigenvalue weighted by Crippen LogP contribution is -2.04. The largest absolute Gasteiger partial charge is 0.493 e. The Hall–Kier alpha value is -1.59. The van der Waals surface area contributed by atoms with Gasteiger partial charge in [-0.2, -0.15) is 0 Å². The summed E-state index contributed by atoms with van der Waals surface area (Å²) in [7, 11) is 1.58. The monoisotopic (exact) mass is 353 g/mol. The van der Waals surface area contributed by atoms with E-state index in [-0.39, 0.29) is 12.4 Å². The van der Waals surface area contributed by atoms with Gasteiger partial charge in [0, 0.05) is 10.0 Å². The molecule has 0 saturated carbocycles. The summed E-state index contributed by atoms with van der Waals surface area (Å²) in [5, 5.41) is 0. The molecule has 112 valence electrons. The normalized spacial score (nSPS) is 10.5. The van der Waals surface area contributed by atoms with Crippen LogP contribution < -0.4 is 15.2 Å². The highest BCUT2D eigenvalue weighted by atomic mass is 79.9. The Morgan fingerprint density at radius 3 is 2.67 bits per heavy atom. The average molecular weight is 354 g/mol. The highest BCUT2D eigenvalue weighted by Gasteiger charge is 2.08. The number of methoxy groups -OCH3 is 1. The Balaban J connectivity index is 2.14. The maximum atomic E-state index is 13.7. The molecule has 0 radical (unpaired) electrons. The summed E-state index contributed by atoms with van der Waals surface area (Å²) >= 11 is 3.32. The van der Waals surface area contributed by atoms with Crippen LogP contribution in [-0.4, -0.2) is 13.7 Å². The van der Waals surface area contributed by atoms with Crippen molar-refractivity contribution in [1.82, 2.24) is 0 Å². The van der Waals surface area contributed by atoms with Crippen LogP contribution in [0.25, 0.3) is 0 Å². The third-order valence-electron chi connectivity index (χ3n) is 3.05. The molecule has 2 rings (SSSR count). The van der Waals surface area contributed by atoms with Gasteiger partial charge in [0.2, 0.25) is 0 Å². The van der Waals surface area contributed by atoms with Crippen molar-refractivity contribution in [2.75, 3.05) is 13.7 Å². The van der Waals surface area contributed by atoms with E-state index < -0.39 is 0 Å². The van der Waals surface area contributed by atoms with E-state index in [2.05, 4.69) is 15.9 Å². The van der Waals surface area contributed by atoms with Crippen molar-refractivity contribution in [1.29, 1.82) is 0 Å². The molecule has 0 atom stereocenters. The van der Waals surface area contributed by atoms with E-state index >= 15 is 0 Å². The molecule has 0 aliphatic rings. The molecular formula is C16H17BrFNO2. The lowest BCUT2D eigenvalue weighted by Gasteiger charge is -2.12. The van der Waals surface area contributed by atoms with Gasteiger partial charge in [-0.3, -0.25) is 0 Å². The van der Waals surface area contributed by atoms with Gasteiger partial charge in [0.25, 0.3) is 0 Å². The molecule has 21 heavy (non-hydrogen) atoms. The third kappa shape index (κ3) is 4.19. The number of benzene rings is 2. The third-order valence-corrected chi connectivity index (χ3v) is 3.55. The maximum absolute atomic E-state index is 13.7. The number of rotatable bonds is 6. The van der Waals surface area contributed by atoms with Crippen LogP contribution >= 0.6 is 15.9 Å². The van der Waals surface area contributed by atoms with Gasteiger partial charge < -0.3 is 15.2 Å². The topological polar surface area (TPSA) is 44.5 Å². The van der Waals surface area contributed by atoms with Gasteiger partial charge in [-0.15, -0.1) is 0 Å². The Morgan fingerprint density at radius 1 is 1.14 bits per heavy atom. The summed E-state index contributed by atoms with van der Waals surface area (Å²) in [5.41, 5.74) is 7.10. The first-order chi connectivity index (χ1) is 10.1. The molecule has 0 saturated heterocycles. The second kappa shape index (κ2) is 7.43. The second-order valence-electron chi connectivity index (χ2n) is 4.55. The van der Waals surface area contributed by atoms with Gasteiger partial charge >= 0.3 is 0 Å². The fraction of sp³-hybridized carbons (Fsp3) is 0.250. The van der Waals surface area contributed by atoms with E-state index in [0.717, 1.165) is 16.5 Å². The Morgan fingerprint density at radius 2 is 1.95 bits per heavy atom. The molecule has 0 spiro atoms. The fourth-order valence-electron chi connectivity index (χ4n) is 1.96. The zero-order valence-electron chi connectivity index (χ0n) is 11.7. The minimum atomic E-state index is -0.295. The molecule has 5 heteroatoms. The van der Waals surface area contributed by atoms with Crippen LogP contribution in [0.3, 0.4) is 0 Å². The van der Waals surface area contributed by atoms with Crippen molar-refractivity contribution >= 4 is 15.9 Å². The van der Waals surface area contributed by atoms with Crippen molar-refractivity contribution < 1.29 is 13.9 Å². The van der Waals surface area contributed by atoms with E-state index in [1.54, 1.807) is 19.2 Å². The molecule has 0 unspecified atom stereocenters. The van der Waals surface area contributed by atoms with Gasteiger partial charge in [0.15, 0.2) is 11.5 Å². The van der Waals surface area contributed by atoms with E-state index in [1.807, 2.05) is 18.2 Å². The molecule has 0 aliphatic heterocycles. The van der Waals surface area contributed by atoms with Crippen LogP contribution in [0, 0.1) is 5.82 Å². The fourth-order valence-corrected chi connectivity index (χ4v) is 2.37. The zero-order valence-corrected chi connectivity index (χ0v) is 13.3. The SMILES string of the molecule is COc1cc(CCN)ccc1OCc1cc(Br)ccc1F. The number of nitrogens with two attached hydrogens (primary N) is 1. The van der Waals surface area contributed by atoms with Crippen molar-refractivity contribution in [3.63, 3.8) is 0 Å². The standard InChI is InChI=1S/C16H17BrFNO2/c1-20-16-8-11(6-7-19)2-5-15(16)21-10-12-9-13(17)3-4-14(12)18/h2-5,8-9H,6-7,10,19H2,1H3. The molecule has 0 heterocycles. The summed E-state index contributed by atoms with van der Waals surface area (Å²) in [5.74, 6) is 0.908. The highest BCUT2D eigenvalue weighted by Crippen LogP contribution is 2.29. The Labute approximate surface area is 132 Å². The van der Waals surface area contributed by atoms with Crippen LogP contribution in [0.5, 0.6) is 11.5 Å². The molecule has 0 amide bonds. The summed E-state index contributed by atoms with van der Waals surface area (Å²) in [4.78, 5) is 0. The minimum absolute atomic E-state index is 0.137. The van der Waals surface area contributed by atoms with Crippen molar-refractivity contribution in [3.8, 4) is 11.5 Å². The molecule has 0 bridgehead atoms. The Bertz CT molecular complexity index is 619. The number of hydrogen-bond donors (Lipinski definition) is 1. The van der Waals surface area contributed by atoms with E-state index in [9.17, 15) is 4.39 Å². The second-order valence-corrected chi connectivity index (χ2v) is 5.46. The molecule has 2 aromatic carbocycles. The quantitative estimate of drug-likeness (QED) is 0.861. The lowest BCUT2D eigenvalue weighted by atomic mass is 10.1. The van der Waals surface area contributed by atoms with Gasteiger partial charge in [-0.1, -0.05) is 22.0 Å². The van der Waals surface area contributed by atoms with Crippen LogP contribution in [0.2, 0.25) is 0 Å². The molecule has 0 aliphatic carbocycles. The van der Waals surface area contributed by atoms with Gasteiger partial charge in [-0.25, -0.2) is 4.39 Å². The molecule has 0 fully saturated rings. The predicted octanol–water partition coefficient (Wildman–Crippen LogP) is 3.68. The van der Waals surface area contributed by atoms with Crippen molar-refractivity contribution in [2.24, 2.45) is 5.73 Å². The van der Waals surface area contributed by atoms with Gasteiger partial charge in [0.1, 0.15) is 12.4 Å². The summed E-state index contributed by atoms with van der Waals surface area (Å²) in [6.07, 6.45) is 0.775. The molecule has 3 nitrogen and oxygen atoms in total.